The van der Waals surface area contributed by atoms with E-state index < -0.39 is 0 Å². The molecule has 6 heteroatoms. The van der Waals surface area contributed by atoms with Gasteiger partial charge in [-0.1, -0.05) is 0 Å². The smallest absolute Gasteiger partial charge is 0.191 e. The molecular weight excluding hydrogens is 318 g/mol. The van der Waals surface area contributed by atoms with Gasteiger partial charge >= 0.3 is 0 Å². The average molecular weight is 354 g/mol. The van der Waals surface area contributed by atoms with E-state index >= 15 is 0 Å². The fourth-order valence-electron chi connectivity index (χ4n) is 2.70. The number of aromatic nitrogens is 1. The Bertz CT molecular complexity index is 474. The largest absolute Gasteiger partial charge is 0.357 e. The quantitative estimate of drug-likeness (QED) is 0.386. The van der Waals surface area contributed by atoms with Crippen molar-refractivity contribution < 1.29 is 0 Å². The molecule has 24 heavy (non-hydrogen) atoms. The number of nitrogens with zero attached hydrogens (tertiary/aromatic N) is 3. The number of thiazole rings is 1. The van der Waals surface area contributed by atoms with E-state index in [9.17, 15) is 0 Å². The Morgan fingerprint density at radius 3 is 2.50 bits per heavy atom. The Morgan fingerprint density at radius 2 is 1.96 bits per heavy atom. The Labute approximate surface area is 152 Å². The van der Waals surface area contributed by atoms with Gasteiger partial charge in [0.25, 0.3) is 0 Å². The molecule has 0 atom stereocenters. The highest BCUT2D eigenvalue weighted by Gasteiger charge is 2.12. The molecule has 0 amide bonds. The summed E-state index contributed by atoms with van der Waals surface area (Å²) in [5.41, 5.74) is 0. The molecule has 1 aromatic rings. The minimum absolute atomic E-state index is 0.585. The van der Waals surface area contributed by atoms with Gasteiger partial charge in [0, 0.05) is 55.8 Å². The van der Waals surface area contributed by atoms with Crippen LogP contribution in [-0.4, -0.2) is 54.1 Å². The zero-order valence-electron chi connectivity index (χ0n) is 16.2. The van der Waals surface area contributed by atoms with Gasteiger partial charge < -0.3 is 10.6 Å². The molecule has 1 heterocycles. The maximum Gasteiger partial charge on any atom is 0.191 e. The first-order chi connectivity index (χ1) is 11.4. The van der Waals surface area contributed by atoms with Crippen molar-refractivity contribution in [2.24, 2.45) is 4.99 Å². The van der Waals surface area contributed by atoms with Gasteiger partial charge in [0.1, 0.15) is 0 Å². The SMILES string of the molecule is CCNC(=NCCCN(C(C)C)C(C)C)NCCc1ncc(C)s1. The molecule has 0 radical (unpaired) electrons. The van der Waals surface area contributed by atoms with Gasteiger partial charge in [0.2, 0.25) is 0 Å². The number of nitrogens with one attached hydrogen (secondary N) is 2. The van der Waals surface area contributed by atoms with E-state index in [0.717, 1.165) is 45.0 Å². The first-order valence-corrected chi connectivity index (χ1v) is 9.94. The predicted molar refractivity (Wildman–Crippen MR) is 106 cm³/mol. The van der Waals surface area contributed by atoms with Gasteiger partial charge in [-0.05, 0) is 48.0 Å². The Balaban J connectivity index is 2.36. The Morgan fingerprint density at radius 1 is 1.25 bits per heavy atom. The summed E-state index contributed by atoms with van der Waals surface area (Å²) >= 11 is 1.77. The van der Waals surface area contributed by atoms with E-state index in [-0.39, 0.29) is 0 Å². The van der Waals surface area contributed by atoms with E-state index in [1.54, 1.807) is 11.3 Å². The second kappa shape index (κ2) is 11.4. The molecule has 0 unspecified atom stereocenters. The summed E-state index contributed by atoms with van der Waals surface area (Å²) in [7, 11) is 0. The summed E-state index contributed by atoms with van der Waals surface area (Å²) in [4.78, 5) is 12.9. The van der Waals surface area contributed by atoms with Crippen molar-refractivity contribution in [2.45, 2.75) is 66.5 Å². The molecule has 0 spiro atoms. The van der Waals surface area contributed by atoms with Crippen LogP contribution in [0, 0.1) is 6.92 Å². The number of hydrogen-bond donors (Lipinski definition) is 2. The molecule has 1 rings (SSSR count). The third-order valence-corrected chi connectivity index (χ3v) is 4.79. The summed E-state index contributed by atoms with van der Waals surface area (Å²) in [6.45, 7) is 16.9. The lowest BCUT2D eigenvalue weighted by molar-refractivity contribution is 0.174. The molecule has 0 aliphatic heterocycles. The predicted octanol–water partition coefficient (Wildman–Crippen LogP) is 3.06. The van der Waals surface area contributed by atoms with Crippen molar-refractivity contribution >= 4 is 17.3 Å². The second-order valence-electron chi connectivity index (χ2n) is 6.58. The normalized spacial score (nSPS) is 12.5. The summed E-state index contributed by atoms with van der Waals surface area (Å²) in [6.07, 6.45) is 3.96. The van der Waals surface area contributed by atoms with Crippen LogP contribution < -0.4 is 10.6 Å². The number of aryl methyl sites for hydroxylation is 1. The lowest BCUT2D eigenvalue weighted by atomic mass is 10.2. The maximum atomic E-state index is 4.69. The minimum Gasteiger partial charge on any atom is -0.357 e. The maximum absolute atomic E-state index is 4.69. The van der Waals surface area contributed by atoms with Crippen molar-refractivity contribution in [3.63, 3.8) is 0 Å². The molecular formula is C18H35N5S. The Kier molecular flexibility index (Phi) is 9.95. The second-order valence-corrected chi connectivity index (χ2v) is 7.90. The summed E-state index contributed by atoms with van der Waals surface area (Å²) in [6, 6.07) is 1.17. The van der Waals surface area contributed by atoms with E-state index in [0.29, 0.717) is 12.1 Å². The number of rotatable bonds is 10. The fourth-order valence-corrected chi connectivity index (χ4v) is 3.49. The van der Waals surface area contributed by atoms with Crippen LogP contribution in [0.3, 0.4) is 0 Å². The number of hydrogen-bond acceptors (Lipinski definition) is 4. The molecule has 1 aromatic heterocycles. The number of aliphatic imine (C=N–C) groups is 1. The van der Waals surface area contributed by atoms with Crippen molar-refractivity contribution in [1.82, 2.24) is 20.5 Å². The van der Waals surface area contributed by atoms with E-state index in [2.05, 4.69) is 62.1 Å². The highest BCUT2D eigenvalue weighted by Crippen LogP contribution is 2.10. The molecule has 0 fully saturated rings. The summed E-state index contributed by atoms with van der Waals surface area (Å²) in [5, 5.41) is 7.90. The monoisotopic (exact) mass is 353 g/mol. The van der Waals surface area contributed by atoms with Crippen LogP contribution in [-0.2, 0) is 6.42 Å². The zero-order valence-corrected chi connectivity index (χ0v) is 17.0. The lowest BCUT2D eigenvalue weighted by Crippen LogP contribution is -2.39. The van der Waals surface area contributed by atoms with Gasteiger partial charge in [-0.2, -0.15) is 0 Å². The van der Waals surface area contributed by atoms with E-state index in [1.807, 2.05) is 6.20 Å². The standard InChI is InChI=1S/C18H35N5S/c1-7-19-18(21-11-9-17-22-13-16(6)24-17)20-10-8-12-23(14(2)3)15(4)5/h13-15H,7-12H2,1-6H3,(H2,19,20,21). The molecule has 0 bridgehead atoms. The summed E-state index contributed by atoms with van der Waals surface area (Å²) in [5.74, 6) is 0.909. The molecule has 0 aliphatic rings. The van der Waals surface area contributed by atoms with Gasteiger partial charge in [-0.3, -0.25) is 9.89 Å². The van der Waals surface area contributed by atoms with Crippen molar-refractivity contribution in [3.8, 4) is 0 Å². The van der Waals surface area contributed by atoms with Gasteiger partial charge in [0.05, 0.1) is 5.01 Å². The average Bonchev–Trinajstić information content (AvgIpc) is 2.91. The van der Waals surface area contributed by atoms with Crippen molar-refractivity contribution in [3.05, 3.63) is 16.1 Å². The fraction of sp³-hybridized carbons (Fsp3) is 0.778. The first kappa shape index (κ1) is 20.9. The van der Waals surface area contributed by atoms with Crippen LogP contribution in [0.1, 0.15) is 50.9 Å². The van der Waals surface area contributed by atoms with E-state index in [4.69, 9.17) is 4.99 Å². The first-order valence-electron chi connectivity index (χ1n) is 9.13. The van der Waals surface area contributed by atoms with Crippen LogP contribution in [0.2, 0.25) is 0 Å². The highest BCUT2D eigenvalue weighted by molar-refractivity contribution is 7.11. The third-order valence-electron chi connectivity index (χ3n) is 3.82. The highest BCUT2D eigenvalue weighted by atomic mass is 32.1. The molecule has 0 saturated carbocycles. The Hall–Kier alpha value is -1.14. The minimum atomic E-state index is 0.585. The van der Waals surface area contributed by atoms with Crippen LogP contribution in [0.15, 0.2) is 11.2 Å². The molecule has 0 aliphatic carbocycles. The molecule has 2 N–H and O–H groups in total. The van der Waals surface area contributed by atoms with Gasteiger partial charge in [-0.15, -0.1) is 11.3 Å². The van der Waals surface area contributed by atoms with Crippen LogP contribution in [0.4, 0.5) is 0 Å². The topological polar surface area (TPSA) is 52.6 Å². The molecule has 138 valence electrons. The lowest BCUT2D eigenvalue weighted by Gasteiger charge is -2.30. The third kappa shape index (κ3) is 8.11. The van der Waals surface area contributed by atoms with Gasteiger partial charge in [-0.25, -0.2) is 4.98 Å². The van der Waals surface area contributed by atoms with Crippen molar-refractivity contribution in [2.75, 3.05) is 26.2 Å². The van der Waals surface area contributed by atoms with Crippen molar-refractivity contribution in [1.29, 1.82) is 0 Å². The van der Waals surface area contributed by atoms with Crippen LogP contribution in [0.5, 0.6) is 0 Å². The van der Waals surface area contributed by atoms with Crippen LogP contribution >= 0.6 is 11.3 Å². The van der Waals surface area contributed by atoms with E-state index in [1.165, 1.54) is 9.88 Å². The summed E-state index contributed by atoms with van der Waals surface area (Å²) < 4.78 is 0. The molecule has 0 saturated heterocycles. The zero-order chi connectivity index (χ0) is 17.9. The van der Waals surface area contributed by atoms with Gasteiger partial charge in [0.15, 0.2) is 5.96 Å². The molecule has 0 aromatic carbocycles. The number of guanidine groups is 1. The van der Waals surface area contributed by atoms with Crippen LogP contribution in [0.25, 0.3) is 0 Å². The molecule has 5 nitrogen and oxygen atoms in total.